The van der Waals surface area contributed by atoms with E-state index in [0.29, 0.717) is 5.82 Å². The summed E-state index contributed by atoms with van der Waals surface area (Å²) in [6.45, 7) is 8.05. The molecule has 0 aliphatic carbocycles. The van der Waals surface area contributed by atoms with E-state index in [-0.39, 0.29) is 18.6 Å². The fourth-order valence-electron chi connectivity index (χ4n) is 1.52. The molecule has 0 aromatic carbocycles. The van der Waals surface area contributed by atoms with Gasteiger partial charge in [0.1, 0.15) is 17.5 Å². The molecule has 1 aromatic heterocycles. The molecule has 0 amide bonds. The lowest BCUT2D eigenvalue weighted by atomic mass is 10.1. The molecule has 102 valence electrons. The number of hydrazine groups is 1. The lowest BCUT2D eigenvalue weighted by Gasteiger charge is -2.22. The molecule has 6 heteroatoms. The predicted octanol–water partition coefficient (Wildman–Crippen LogP) is 1.06. The standard InChI is InChI=1S/C12H23N5O/c1-5-10-15-11(8(3)12(16-10)17-13)14-9(4)7(2)6-18/h7,9,18H,5-6,13H2,1-4H3,(H2,14,15,16,17). The van der Waals surface area contributed by atoms with Gasteiger partial charge in [0.15, 0.2) is 0 Å². The molecule has 5 N–H and O–H groups in total. The van der Waals surface area contributed by atoms with Gasteiger partial charge in [0.2, 0.25) is 0 Å². The van der Waals surface area contributed by atoms with E-state index in [1.54, 1.807) is 0 Å². The Morgan fingerprint density at radius 3 is 2.39 bits per heavy atom. The Bertz CT molecular complexity index is 396. The number of aliphatic hydroxyl groups is 1. The molecule has 1 rings (SSSR count). The summed E-state index contributed by atoms with van der Waals surface area (Å²) in [6, 6.07) is 0.124. The smallest absolute Gasteiger partial charge is 0.148 e. The largest absolute Gasteiger partial charge is 0.396 e. The molecule has 2 unspecified atom stereocenters. The Labute approximate surface area is 108 Å². The minimum atomic E-state index is 0.124. The SMILES string of the molecule is CCc1nc(NN)c(C)c(NC(C)C(C)CO)n1. The summed E-state index contributed by atoms with van der Waals surface area (Å²) in [4.78, 5) is 8.76. The quantitative estimate of drug-likeness (QED) is 0.447. The Morgan fingerprint density at radius 2 is 1.89 bits per heavy atom. The zero-order valence-electron chi connectivity index (χ0n) is 11.5. The summed E-state index contributed by atoms with van der Waals surface area (Å²) in [5.41, 5.74) is 3.47. The Hall–Kier alpha value is -1.40. The van der Waals surface area contributed by atoms with Gasteiger partial charge in [-0.05, 0) is 19.8 Å². The van der Waals surface area contributed by atoms with Crippen molar-refractivity contribution in [2.75, 3.05) is 17.3 Å². The van der Waals surface area contributed by atoms with Gasteiger partial charge in [-0.15, -0.1) is 0 Å². The highest BCUT2D eigenvalue weighted by Crippen LogP contribution is 2.21. The Balaban J connectivity index is 3.00. The van der Waals surface area contributed by atoms with Gasteiger partial charge in [0.25, 0.3) is 0 Å². The number of aliphatic hydroxyl groups excluding tert-OH is 1. The lowest BCUT2D eigenvalue weighted by molar-refractivity contribution is 0.226. The van der Waals surface area contributed by atoms with Gasteiger partial charge in [0.05, 0.1) is 0 Å². The number of nitrogens with one attached hydrogen (secondary N) is 2. The number of hydrogen-bond donors (Lipinski definition) is 4. The minimum absolute atomic E-state index is 0.124. The summed E-state index contributed by atoms with van der Waals surface area (Å²) in [7, 11) is 0. The molecule has 0 radical (unpaired) electrons. The third kappa shape index (κ3) is 3.30. The van der Waals surface area contributed by atoms with Crippen LogP contribution in [0.25, 0.3) is 0 Å². The van der Waals surface area contributed by atoms with Crippen LogP contribution in [0.15, 0.2) is 0 Å². The van der Waals surface area contributed by atoms with Crippen molar-refractivity contribution in [1.29, 1.82) is 0 Å². The van der Waals surface area contributed by atoms with E-state index in [1.807, 2.05) is 27.7 Å². The molecular weight excluding hydrogens is 230 g/mol. The number of nitrogen functional groups attached to an aromatic ring is 1. The molecule has 2 atom stereocenters. The van der Waals surface area contributed by atoms with Crippen LogP contribution in [0.3, 0.4) is 0 Å². The van der Waals surface area contributed by atoms with E-state index in [1.165, 1.54) is 0 Å². The normalized spacial score (nSPS) is 14.1. The number of anilines is 2. The second kappa shape index (κ2) is 6.51. The van der Waals surface area contributed by atoms with Gasteiger partial charge in [-0.3, -0.25) is 0 Å². The van der Waals surface area contributed by atoms with Crippen molar-refractivity contribution in [3.05, 3.63) is 11.4 Å². The minimum Gasteiger partial charge on any atom is -0.396 e. The number of rotatable bonds is 6. The number of aromatic nitrogens is 2. The van der Waals surface area contributed by atoms with Crippen LogP contribution in [-0.4, -0.2) is 27.7 Å². The molecule has 1 heterocycles. The summed E-state index contributed by atoms with van der Waals surface area (Å²) < 4.78 is 0. The van der Waals surface area contributed by atoms with E-state index >= 15 is 0 Å². The molecule has 0 aliphatic rings. The van der Waals surface area contributed by atoms with Crippen LogP contribution < -0.4 is 16.6 Å². The topological polar surface area (TPSA) is 96.1 Å². The average Bonchev–Trinajstić information content (AvgIpc) is 2.39. The lowest BCUT2D eigenvalue weighted by Crippen LogP contribution is -2.27. The molecular formula is C12H23N5O. The van der Waals surface area contributed by atoms with Crippen LogP contribution in [-0.2, 0) is 6.42 Å². The van der Waals surface area contributed by atoms with E-state index in [0.717, 1.165) is 23.6 Å². The molecule has 1 aromatic rings. The molecule has 18 heavy (non-hydrogen) atoms. The van der Waals surface area contributed by atoms with Crippen LogP contribution in [0.4, 0.5) is 11.6 Å². The highest BCUT2D eigenvalue weighted by molar-refractivity contribution is 5.57. The molecule has 0 aliphatic heterocycles. The van der Waals surface area contributed by atoms with Crippen LogP contribution in [0.5, 0.6) is 0 Å². The highest BCUT2D eigenvalue weighted by Gasteiger charge is 2.15. The van der Waals surface area contributed by atoms with Crippen LogP contribution >= 0.6 is 0 Å². The van der Waals surface area contributed by atoms with Crippen molar-refractivity contribution >= 4 is 11.6 Å². The third-order valence-electron chi connectivity index (χ3n) is 3.15. The van der Waals surface area contributed by atoms with E-state index in [2.05, 4.69) is 20.7 Å². The second-order valence-corrected chi connectivity index (χ2v) is 4.55. The summed E-state index contributed by atoms with van der Waals surface area (Å²) >= 11 is 0. The molecule has 0 spiro atoms. The van der Waals surface area contributed by atoms with Gasteiger partial charge in [-0.25, -0.2) is 15.8 Å². The van der Waals surface area contributed by atoms with E-state index < -0.39 is 0 Å². The van der Waals surface area contributed by atoms with Gasteiger partial charge in [-0.2, -0.15) is 0 Å². The average molecular weight is 253 g/mol. The zero-order valence-corrected chi connectivity index (χ0v) is 11.5. The Morgan fingerprint density at radius 1 is 1.28 bits per heavy atom. The maximum absolute atomic E-state index is 9.15. The number of hydrogen-bond acceptors (Lipinski definition) is 6. The van der Waals surface area contributed by atoms with Crippen molar-refractivity contribution in [3.63, 3.8) is 0 Å². The number of aryl methyl sites for hydroxylation is 1. The first kappa shape index (κ1) is 14.7. The molecule has 0 bridgehead atoms. The first-order valence-corrected chi connectivity index (χ1v) is 6.24. The van der Waals surface area contributed by atoms with Crippen LogP contribution in [0, 0.1) is 12.8 Å². The fraction of sp³-hybridized carbons (Fsp3) is 0.667. The van der Waals surface area contributed by atoms with E-state index in [4.69, 9.17) is 10.9 Å². The first-order valence-electron chi connectivity index (χ1n) is 6.24. The molecule has 0 saturated heterocycles. The summed E-state index contributed by atoms with van der Waals surface area (Å²) in [6.07, 6.45) is 0.744. The monoisotopic (exact) mass is 253 g/mol. The van der Waals surface area contributed by atoms with Crippen LogP contribution in [0.2, 0.25) is 0 Å². The molecule has 0 saturated carbocycles. The first-order chi connectivity index (χ1) is 8.53. The fourth-order valence-corrected chi connectivity index (χ4v) is 1.52. The molecule has 0 fully saturated rings. The van der Waals surface area contributed by atoms with Gasteiger partial charge < -0.3 is 15.8 Å². The highest BCUT2D eigenvalue weighted by atomic mass is 16.3. The van der Waals surface area contributed by atoms with Crippen molar-refractivity contribution in [2.45, 2.75) is 40.2 Å². The molecule has 6 nitrogen and oxygen atoms in total. The van der Waals surface area contributed by atoms with E-state index in [9.17, 15) is 0 Å². The number of nitrogens with two attached hydrogens (primary N) is 1. The third-order valence-corrected chi connectivity index (χ3v) is 3.15. The number of nitrogens with zero attached hydrogens (tertiary/aromatic N) is 2. The van der Waals surface area contributed by atoms with Gasteiger partial charge in [-0.1, -0.05) is 13.8 Å². The maximum atomic E-state index is 9.15. The second-order valence-electron chi connectivity index (χ2n) is 4.55. The Kier molecular flexibility index (Phi) is 5.30. The van der Waals surface area contributed by atoms with Crippen molar-refractivity contribution in [1.82, 2.24) is 9.97 Å². The summed E-state index contributed by atoms with van der Waals surface area (Å²) in [5, 5.41) is 12.5. The summed E-state index contributed by atoms with van der Waals surface area (Å²) in [5.74, 6) is 7.74. The van der Waals surface area contributed by atoms with Crippen molar-refractivity contribution < 1.29 is 5.11 Å². The van der Waals surface area contributed by atoms with Crippen molar-refractivity contribution in [3.8, 4) is 0 Å². The van der Waals surface area contributed by atoms with Gasteiger partial charge >= 0.3 is 0 Å². The maximum Gasteiger partial charge on any atom is 0.148 e. The zero-order chi connectivity index (χ0) is 13.7. The predicted molar refractivity (Wildman–Crippen MR) is 73.3 cm³/mol. The van der Waals surface area contributed by atoms with Crippen molar-refractivity contribution in [2.24, 2.45) is 11.8 Å². The van der Waals surface area contributed by atoms with Crippen LogP contribution in [0.1, 0.15) is 32.2 Å². The van der Waals surface area contributed by atoms with Gasteiger partial charge in [0, 0.05) is 24.6 Å².